The zero-order chi connectivity index (χ0) is 12.4. The molecule has 0 amide bonds. The molecule has 90 valence electrons. The number of carboxylic acid groups (broad SMARTS) is 1. The van der Waals surface area contributed by atoms with Gasteiger partial charge in [-0.2, -0.15) is 0 Å². The Morgan fingerprint density at radius 1 is 1.59 bits per heavy atom. The maximum absolute atomic E-state index is 10.6. The van der Waals surface area contributed by atoms with E-state index in [2.05, 4.69) is 25.9 Å². The molecule has 2 rings (SSSR count). The first-order chi connectivity index (χ1) is 8.06. The molecule has 0 spiro atoms. The molecule has 0 atom stereocenters. The number of aryl methyl sites for hydroxylation is 2. The van der Waals surface area contributed by atoms with Crippen molar-refractivity contribution in [1.82, 2.24) is 9.97 Å². The zero-order valence-corrected chi connectivity index (χ0v) is 10.7. The van der Waals surface area contributed by atoms with Crippen molar-refractivity contribution in [2.24, 2.45) is 0 Å². The molecule has 0 aliphatic heterocycles. The summed E-state index contributed by atoms with van der Waals surface area (Å²) in [5.41, 5.74) is 1.42. The summed E-state index contributed by atoms with van der Waals surface area (Å²) in [5, 5.41) is 8.68. The molecule has 0 bridgehead atoms. The van der Waals surface area contributed by atoms with E-state index >= 15 is 0 Å². The van der Waals surface area contributed by atoms with Crippen LogP contribution in [-0.2, 0) is 11.2 Å². The number of imidazole rings is 1. The molecule has 0 fully saturated rings. The van der Waals surface area contributed by atoms with Gasteiger partial charge in [0.15, 0.2) is 10.5 Å². The lowest BCUT2D eigenvalue weighted by molar-refractivity contribution is -0.136. The Hall–Kier alpha value is -1.56. The van der Waals surface area contributed by atoms with Crippen LogP contribution >= 0.6 is 15.9 Å². The highest BCUT2D eigenvalue weighted by atomic mass is 79.9. The smallest absolute Gasteiger partial charge is 0.303 e. The van der Waals surface area contributed by atoms with Crippen LogP contribution < -0.4 is 0 Å². The molecular formula is C11H11BrN2O3. The van der Waals surface area contributed by atoms with Crippen molar-refractivity contribution in [3.63, 3.8) is 0 Å². The lowest BCUT2D eigenvalue weighted by Gasteiger charge is -1.97. The number of aromatic amines is 1. The Morgan fingerprint density at radius 3 is 2.94 bits per heavy atom. The third-order valence-corrected chi connectivity index (χ3v) is 2.69. The summed E-state index contributed by atoms with van der Waals surface area (Å²) in [6, 6.07) is 3.67. The number of hydrogen-bond acceptors (Lipinski definition) is 3. The van der Waals surface area contributed by atoms with Crippen LogP contribution in [-0.4, -0.2) is 21.0 Å². The molecule has 0 saturated carbocycles. The molecule has 2 heterocycles. The van der Waals surface area contributed by atoms with E-state index in [4.69, 9.17) is 9.52 Å². The van der Waals surface area contributed by atoms with Crippen LogP contribution in [0.25, 0.3) is 11.5 Å². The van der Waals surface area contributed by atoms with Crippen LogP contribution in [0.4, 0.5) is 0 Å². The predicted octanol–water partition coefficient (Wildman–Crippen LogP) is 2.76. The Kier molecular flexibility index (Phi) is 3.33. The van der Waals surface area contributed by atoms with Gasteiger partial charge in [-0.3, -0.25) is 4.79 Å². The topological polar surface area (TPSA) is 79.1 Å². The molecule has 0 radical (unpaired) electrons. The number of halogens is 1. The fraction of sp³-hybridized carbons (Fsp3) is 0.273. The van der Waals surface area contributed by atoms with Crippen LogP contribution in [0.5, 0.6) is 0 Å². The average Bonchev–Trinajstić information content (AvgIpc) is 2.81. The molecule has 0 saturated heterocycles. The molecule has 0 unspecified atom stereocenters. The second-order valence-electron chi connectivity index (χ2n) is 3.66. The van der Waals surface area contributed by atoms with Crippen LogP contribution in [0, 0.1) is 6.92 Å². The van der Waals surface area contributed by atoms with Gasteiger partial charge in [0.25, 0.3) is 0 Å². The number of aliphatic carboxylic acids is 1. The van der Waals surface area contributed by atoms with Gasteiger partial charge in [0.2, 0.25) is 0 Å². The molecule has 2 N–H and O–H groups in total. The molecule has 2 aromatic rings. The van der Waals surface area contributed by atoms with E-state index in [1.54, 1.807) is 0 Å². The molecule has 17 heavy (non-hydrogen) atoms. The van der Waals surface area contributed by atoms with E-state index in [0.717, 1.165) is 11.5 Å². The van der Waals surface area contributed by atoms with Gasteiger partial charge < -0.3 is 14.5 Å². The van der Waals surface area contributed by atoms with E-state index in [-0.39, 0.29) is 6.42 Å². The van der Waals surface area contributed by atoms with Crippen molar-refractivity contribution >= 4 is 21.9 Å². The number of H-pyrrole nitrogens is 1. The number of nitrogens with zero attached hydrogens (tertiary/aromatic N) is 1. The summed E-state index contributed by atoms with van der Waals surface area (Å²) in [5.74, 6) is 0.602. The standard InChI is InChI=1S/C11H11BrN2O3/c1-6-2-4-8(17-6)10-7(3-5-9(15)16)13-11(12)14-10/h2,4H,3,5H2,1H3,(H,13,14)(H,15,16). The van der Waals surface area contributed by atoms with Crippen LogP contribution in [0.3, 0.4) is 0 Å². The van der Waals surface area contributed by atoms with Crippen molar-refractivity contribution < 1.29 is 14.3 Å². The van der Waals surface area contributed by atoms with Gasteiger partial charge in [-0.15, -0.1) is 0 Å². The largest absolute Gasteiger partial charge is 0.481 e. The van der Waals surface area contributed by atoms with Crippen molar-refractivity contribution in [1.29, 1.82) is 0 Å². The number of nitrogens with one attached hydrogen (secondary N) is 1. The fourth-order valence-electron chi connectivity index (χ4n) is 1.56. The highest BCUT2D eigenvalue weighted by Crippen LogP contribution is 2.26. The minimum atomic E-state index is -0.836. The Morgan fingerprint density at radius 2 is 2.35 bits per heavy atom. The van der Waals surface area contributed by atoms with Crippen molar-refractivity contribution in [3.8, 4) is 11.5 Å². The molecular weight excluding hydrogens is 288 g/mol. The number of furan rings is 1. The van der Waals surface area contributed by atoms with E-state index in [1.165, 1.54) is 0 Å². The Bertz CT molecular complexity index is 545. The first kappa shape index (κ1) is 11.9. The van der Waals surface area contributed by atoms with Crippen molar-refractivity contribution in [2.75, 3.05) is 0 Å². The lowest BCUT2D eigenvalue weighted by atomic mass is 10.2. The number of aromatic nitrogens is 2. The van der Waals surface area contributed by atoms with Gasteiger partial charge in [0.1, 0.15) is 11.5 Å². The maximum Gasteiger partial charge on any atom is 0.303 e. The number of carbonyl (C=O) groups is 1. The molecule has 6 heteroatoms. The van der Waals surface area contributed by atoms with Gasteiger partial charge >= 0.3 is 5.97 Å². The quantitative estimate of drug-likeness (QED) is 0.909. The zero-order valence-electron chi connectivity index (χ0n) is 9.16. The van der Waals surface area contributed by atoms with E-state index < -0.39 is 5.97 Å². The third-order valence-electron chi connectivity index (χ3n) is 2.31. The summed E-state index contributed by atoms with van der Waals surface area (Å²) >= 11 is 3.24. The van der Waals surface area contributed by atoms with Crippen LogP contribution in [0.1, 0.15) is 17.9 Å². The lowest BCUT2D eigenvalue weighted by Crippen LogP contribution is -1.98. The van der Waals surface area contributed by atoms with E-state index in [0.29, 0.717) is 22.6 Å². The number of hydrogen-bond donors (Lipinski definition) is 2. The SMILES string of the molecule is Cc1ccc(-c2nc(Br)[nH]c2CCC(=O)O)o1. The van der Waals surface area contributed by atoms with Crippen LogP contribution in [0.2, 0.25) is 0 Å². The summed E-state index contributed by atoms with van der Waals surface area (Å²) in [6.45, 7) is 1.85. The fourth-order valence-corrected chi connectivity index (χ4v) is 1.97. The summed E-state index contributed by atoms with van der Waals surface area (Å²) in [6.07, 6.45) is 0.449. The highest BCUT2D eigenvalue weighted by molar-refractivity contribution is 9.10. The second kappa shape index (κ2) is 4.75. The van der Waals surface area contributed by atoms with Gasteiger partial charge in [-0.05, 0) is 35.0 Å². The van der Waals surface area contributed by atoms with Crippen molar-refractivity contribution in [3.05, 3.63) is 28.3 Å². The molecule has 0 aliphatic carbocycles. The summed E-state index contributed by atoms with van der Waals surface area (Å²) in [7, 11) is 0. The predicted molar refractivity (Wildman–Crippen MR) is 64.7 cm³/mol. The van der Waals surface area contributed by atoms with Crippen LogP contribution in [0.15, 0.2) is 21.3 Å². The Balaban J connectivity index is 2.30. The van der Waals surface area contributed by atoms with Gasteiger partial charge in [0.05, 0.1) is 6.42 Å². The van der Waals surface area contributed by atoms with Gasteiger partial charge in [-0.25, -0.2) is 4.98 Å². The molecule has 0 aromatic carbocycles. The normalized spacial score (nSPS) is 10.7. The Labute approximate surface area is 106 Å². The van der Waals surface area contributed by atoms with Gasteiger partial charge in [-0.1, -0.05) is 0 Å². The summed E-state index contributed by atoms with van der Waals surface area (Å²) < 4.78 is 6.05. The monoisotopic (exact) mass is 298 g/mol. The van der Waals surface area contributed by atoms with Gasteiger partial charge in [0, 0.05) is 12.1 Å². The summed E-state index contributed by atoms with van der Waals surface area (Å²) in [4.78, 5) is 17.8. The maximum atomic E-state index is 10.6. The molecule has 5 nitrogen and oxygen atoms in total. The third kappa shape index (κ3) is 2.76. The molecule has 2 aromatic heterocycles. The molecule has 0 aliphatic rings. The number of carboxylic acids is 1. The van der Waals surface area contributed by atoms with E-state index in [9.17, 15) is 4.79 Å². The number of rotatable bonds is 4. The second-order valence-corrected chi connectivity index (χ2v) is 4.41. The van der Waals surface area contributed by atoms with Crippen molar-refractivity contribution in [2.45, 2.75) is 19.8 Å². The first-order valence-corrected chi connectivity index (χ1v) is 5.88. The van der Waals surface area contributed by atoms with E-state index in [1.807, 2.05) is 19.1 Å². The highest BCUT2D eigenvalue weighted by Gasteiger charge is 2.15. The first-order valence-electron chi connectivity index (χ1n) is 5.09. The minimum absolute atomic E-state index is 0.0569. The average molecular weight is 299 g/mol. The minimum Gasteiger partial charge on any atom is -0.481 e.